The van der Waals surface area contributed by atoms with Crippen molar-refractivity contribution >= 4 is 45.5 Å². The molecule has 0 saturated heterocycles. The molecular formula is C64H38N4. The molecule has 10 aromatic carbocycles. The van der Waals surface area contributed by atoms with Crippen LogP contribution < -0.4 is 19.6 Å². The number of hydrogen-bond donors (Lipinski definition) is 0. The molecule has 10 aromatic rings. The Hall–Kier alpha value is -8.60. The maximum absolute atomic E-state index is 2.71. The summed E-state index contributed by atoms with van der Waals surface area (Å²) < 4.78 is 0. The Morgan fingerprint density at radius 2 is 0.397 bits per heavy atom. The van der Waals surface area contributed by atoms with Crippen LogP contribution in [0.2, 0.25) is 0 Å². The van der Waals surface area contributed by atoms with Crippen molar-refractivity contribution in [1.29, 1.82) is 0 Å². The largest absolute Gasteiger partial charge is 0.329 e. The van der Waals surface area contributed by atoms with Crippen molar-refractivity contribution < 1.29 is 0 Å². The zero-order chi connectivity index (χ0) is 43.7. The number of hydrogen-bond acceptors (Lipinski definition) is 4. The monoisotopic (exact) mass is 862 g/mol. The Morgan fingerprint density at radius 1 is 0.176 bits per heavy atom. The molecule has 0 radical (unpaired) electrons. The summed E-state index contributed by atoms with van der Waals surface area (Å²) >= 11 is 0. The van der Waals surface area contributed by atoms with Crippen molar-refractivity contribution in [2.75, 3.05) is 19.6 Å². The first-order valence-corrected chi connectivity index (χ1v) is 24.2. The van der Waals surface area contributed by atoms with Crippen molar-refractivity contribution in [2.24, 2.45) is 0 Å². The quantitative estimate of drug-likeness (QED) is 0.151. The van der Waals surface area contributed by atoms with Gasteiger partial charge in [0.1, 0.15) is 0 Å². The molecular weight excluding hydrogens is 825 g/mol. The molecule has 8 heterocycles. The lowest BCUT2D eigenvalue weighted by molar-refractivity contribution is 0.740. The van der Waals surface area contributed by atoms with Crippen LogP contribution in [-0.4, -0.2) is 0 Å². The van der Waals surface area contributed by atoms with Crippen LogP contribution in [0, 0.1) is 0 Å². The Balaban J connectivity index is 0.910. The van der Waals surface area contributed by atoms with Crippen molar-refractivity contribution in [3.8, 4) is 55.6 Å². The minimum atomic E-state index is -0.00541. The van der Waals surface area contributed by atoms with Crippen LogP contribution >= 0.6 is 0 Å². The van der Waals surface area contributed by atoms with Gasteiger partial charge in [-0.2, -0.15) is 0 Å². The molecule has 0 bridgehead atoms. The summed E-state index contributed by atoms with van der Waals surface area (Å²) in [5, 5.41) is 0. The predicted octanol–water partition coefficient (Wildman–Crippen LogP) is 16.2. The van der Waals surface area contributed by atoms with Crippen molar-refractivity contribution in [2.45, 2.75) is 24.2 Å². The summed E-state index contributed by atoms with van der Waals surface area (Å²) in [5.74, 6) is 0. The molecule has 4 heteroatoms. The van der Waals surface area contributed by atoms with Crippen molar-refractivity contribution in [1.82, 2.24) is 0 Å². The number of anilines is 8. The van der Waals surface area contributed by atoms with Gasteiger partial charge in [-0.25, -0.2) is 0 Å². The maximum Gasteiger partial charge on any atom is 0.0857 e. The highest BCUT2D eigenvalue weighted by Gasteiger charge is 2.52. The van der Waals surface area contributed by atoms with E-state index in [9.17, 15) is 0 Å². The molecule has 8 aliphatic rings. The predicted molar refractivity (Wildman–Crippen MR) is 275 cm³/mol. The maximum atomic E-state index is 2.71. The van der Waals surface area contributed by atoms with Crippen LogP contribution in [0.15, 0.2) is 206 Å². The summed E-state index contributed by atoms with van der Waals surface area (Å²) in [5.41, 5.74) is 34.7. The van der Waals surface area contributed by atoms with E-state index in [4.69, 9.17) is 0 Å². The molecule has 18 rings (SSSR count). The highest BCUT2D eigenvalue weighted by atomic mass is 15.3. The first kappa shape index (κ1) is 34.7. The van der Waals surface area contributed by atoms with E-state index in [0.717, 1.165) is 0 Å². The molecule has 68 heavy (non-hydrogen) atoms. The molecule has 4 unspecified atom stereocenters. The van der Waals surface area contributed by atoms with Gasteiger partial charge in [-0.1, -0.05) is 158 Å². The average Bonchev–Trinajstić information content (AvgIpc) is 3.41. The lowest BCUT2D eigenvalue weighted by Crippen LogP contribution is -2.41. The van der Waals surface area contributed by atoms with Gasteiger partial charge in [-0.05, 0) is 121 Å². The summed E-state index contributed by atoms with van der Waals surface area (Å²) in [6, 6.07) is 79.3. The van der Waals surface area contributed by atoms with Crippen LogP contribution in [0.3, 0.4) is 0 Å². The second-order valence-corrected chi connectivity index (χ2v) is 19.7. The van der Waals surface area contributed by atoms with E-state index >= 15 is 0 Å². The van der Waals surface area contributed by atoms with Gasteiger partial charge in [0.15, 0.2) is 0 Å². The molecule has 0 N–H and O–H groups in total. The molecule has 4 atom stereocenters. The number of para-hydroxylation sites is 2. The van der Waals surface area contributed by atoms with Gasteiger partial charge in [-0.3, -0.25) is 0 Å². The summed E-state index contributed by atoms with van der Waals surface area (Å²) in [6.07, 6.45) is 0. The molecule has 8 aliphatic heterocycles. The molecule has 0 aromatic heterocycles. The number of nitrogens with zero attached hydrogens (tertiary/aromatic N) is 4. The molecule has 0 amide bonds. The van der Waals surface area contributed by atoms with Crippen LogP contribution in [0.1, 0.15) is 68.7 Å². The van der Waals surface area contributed by atoms with Crippen LogP contribution in [0.4, 0.5) is 45.5 Å². The zero-order valence-electron chi connectivity index (χ0n) is 36.7. The van der Waals surface area contributed by atoms with E-state index in [-0.39, 0.29) is 24.2 Å². The number of fused-ring (bicyclic) bond motifs is 26. The molecule has 0 aliphatic carbocycles. The molecule has 314 valence electrons. The third-order valence-electron chi connectivity index (χ3n) is 17.0. The van der Waals surface area contributed by atoms with E-state index in [1.54, 1.807) is 0 Å². The lowest BCUT2D eigenvalue weighted by atomic mass is 9.68. The van der Waals surface area contributed by atoms with Gasteiger partial charge in [0.2, 0.25) is 0 Å². The van der Waals surface area contributed by atoms with Gasteiger partial charge in [-0.15, -0.1) is 0 Å². The first-order valence-electron chi connectivity index (χ1n) is 24.2. The van der Waals surface area contributed by atoms with Crippen molar-refractivity contribution in [3.05, 3.63) is 251 Å². The topological polar surface area (TPSA) is 13.0 Å². The Bertz CT molecular complexity index is 3500. The van der Waals surface area contributed by atoms with E-state index in [1.165, 1.54) is 146 Å². The van der Waals surface area contributed by atoms with Crippen LogP contribution in [0.25, 0.3) is 55.6 Å². The second-order valence-electron chi connectivity index (χ2n) is 19.7. The highest BCUT2D eigenvalue weighted by molar-refractivity contribution is 6.12. The fraction of sp³-hybridized carbons (Fsp3) is 0.0625. The SMILES string of the molecule is c1ccc2c(c1)-c1ccccc1N1c3cccc4c3-c3c(cccc3C3c5cccc6c5-c5c(cccc5N5c7cccc8c7-c7c(cccc7C65)C5c6ccccc6-c6ccccc6N85)N43)C21. The van der Waals surface area contributed by atoms with Crippen LogP contribution in [-0.2, 0) is 0 Å². The zero-order valence-corrected chi connectivity index (χ0v) is 36.7. The minimum absolute atomic E-state index is 0.00541. The Kier molecular flexibility index (Phi) is 6.05. The van der Waals surface area contributed by atoms with E-state index in [1.807, 2.05) is 0 Å². The second kappa shape index (κ2) is 11.9. The van der Waals surface area contributed by atoms with Gasteiger partial charge >= 0.3 is 0 Å². The first-order chi connectivity index (χ1) is 33.8. The molecule has 0 saturated carbocycles. The lowest BCUT2D eigenvalue weighted by Gasteiger charge is -2.54. The van der Waals surface area contributed by atoms with Gasteiger partial charge < -0.3 is 19.6 Å². The molecule has 4 nitrogen and oxygen atoms in total. The van der Waals surface area contributed by atoms with Crippen LogP contribution in [0.5, 0.6) is 0 Å². The molecule has 0 spiro atoms. The highest BCUT2D eigenvalue weighted by Crippen LogP contribution is 2.70. The Morgan fingerprint density at radius 3 is 0.735 bits per heavy atom. The Labute approximate surface area is 393 Å². The number of benzene rings is 10. The summed E-state index contributed by atoms with van der Waals surface area (Å²) in [7, 11) is 0. The fourth-order valence-corrected chi connectivity index (χ4v) is 14.8. The number of rotatable bonds is 0. The van der Waals surface area contributed by atoms with E-state index < -0.39 is 0 Å². The van der Waals surface area contributed by atoms with E-state index in [0.29, 0.717) is 0 Å². The van der Waals surface area contributed by atoms with Gasteiger partial charge in [0, 0.05) is 39.2 Å². The fourth-order valence-electron chi connectivity index (χ4n) is 14.8. The minimum Gasteiger partial charge on any atom is -0.329 e. The molecule has 0 fully saturated rings. The van der Waals surface area contributed by atoms with Crippen molar-refractivity contribution in [3.63, 3.8) is 0 Å². The smallest absolute Gasteiger partial charge is 0.0857 e. The third-order valence-corrected chi connectivity index (χ3v) is 17.0. The summed E-state index contributed by atoms with van der Waals surface area (Å²) in [6.45, 7) is 0. The van der Waals surface area contributed by atoms with Gasteiger partial charge in [0.25, 0.3) is 0 Å². The van der Waals surface area contributed by atoms with E-state index in [2.05, 4.69) is 226 Å². The third kappa shape index (κ3) is 3.79. The van der Waals surface area contributed by atoms with Gasteiger partial charge in [0.05, 0.1) is 58.3 Å². The normalized spacial score (nSPS) is 19.4. The average molecular weight is 863 g/mol. The standard InChI is InChI=1S/C64H38N4/c1-3-19-39-35(15-1)37-17-5-7-27-47(37)65-49-29-12-31-51-58(49)55-41(61(39)65)21-9-23-43(55)63-45-25-11-26-46-57(45)60-53(67(51)63)33-14-34-54(60)68-52-32-13-30-50-59(52)56-42(22-10-24-44(56)64(46)68)62-40-20-4-2-16-36(40)38-18-6-8-28-48(38)66(50)62/h1-34,61-64H. The summed E-state index contributed by atoms with van der Waals surface area (Å²) in [4.78, 5) is 10.7.